The second-order valence-corrected chi connectivity index (χ2v) is 4.88. The SMILES string of the molecule is Cc1cc(Sc2cc(F)ccc2F)ccc1C#N. The van der Waals surface area contributed by atoms with Crippen LogP contribution in [0.1, 0.15) is 11.1 Å². The van der Waals surface area contributed by atoms with Crippen LogP contribution in [-0.2, 0) is 0 Å². The van der Waals surface area contributed by atoms with E-state index in [-0.39, 0.29) is 4.90 Å². The lowest BCUT2D eigenvalue weighted by Crippen LogP contribution is -1.86. The molecule has 2 rings (SSSR count). The average Bonchev–Trinajstić information content (AvgIpc) is 2.34. The zero-order valence-electron chi connectivity index (χ0n) is 9.58. The maximum Gasteiger partial charge on any atom is 0.137 e. The molecule has 0 amide bonds. The molecule has 2 aromatic carbocycles. The van der Waals surface area contributed by atoms with Crippen LogP contribution in [0.5, 0.6) is 0 Å². The lowest BCUT2D eigenvalue weighted by molar-refractivity contribution is 0.577. The number of aryl methyl sites for hydroxylation is 1. The summed E-state index contributed by atoms with van der Waals surface area (Å²) < 4.78 is 26.5. The quantitative estimate of drug-likeness (QED) is 0.805. The third kappa shape index (κ3) is 2.69. The van der Waals surface area contributed by atoms with E-state index in [1.165, 1.54) is 0 Å². The topological polar surface area (TPSA) is 23.8 Å². The summed E-state index contributed by atoms with van der Waals surface area (Å²) in [5, 5.41) is 8.81. The summed E-state index contributed by atoms with van der Waals surface area (Å²) in [6.07, 6.45) is 0. The van der Waals surface area contributed by atoms with Crippen molar-refractivity contribution in [2.45, 2.75) is 16.7 Å². The molecule has 0 saturated carbocycles. The highest BCUT2D eigenvalue weighted by atomic mass is 32.2. The monoisotopic (exact) mass is 261 g/mol. The van der Waals surface area contributed by atoms with Gasteiger partial charge in [0.2, 0.25) is 0 Å². The zero-order chi connectivity index (χ0) is 13.1. The number of benzene rings is 2. The van der Waals surface area contributed by atoms with Crippen LogP contribution in [0.2, 0.25) is 0 Å². The van der Waals surface area contributed by atoms with Crippen LogP contribution in [0, 0.1) is 29.9 Å². The molecule has 1 nitrogen and oxygen atoms in total. The van der Waals surface area contributed by atoms with Gasteiger partial charge in [-0.1, -0.05) is 11.8 Å². The van der Waals surface area contributed by atoms with Crippen molar-refractivity contribution in [3.8, 4) is 6.07 Å². The molecular formula is C14H9F2NS. The first-order chi connectivity index (χ1) is 8.60. The summed E-state index contributed by atoms with van der Waals surface area (Å²) in [7, 11) is 0. The Morgan fingerprint density at radius 1 is 1.11 bits per heavy atom. The second kappa shape index (κ2) is 5.19. The Hall–Kier alpha value is -1.86. The predicted molar refractivity (Wildman–Crippen MR) is 66.4 cm³/mol. The van der Waals surface area contributed by atoms with Gasteiger partial charge in [0.15, 0.2) is 0 Å². The molecule has 0 unspecified atom stereocenters. The Morgan fingerprint density at radius 3 is 2.56 bits per heavy atom. The first-order valence-electron chi connectivity index (χ1n) is 5.24. The molecule has 0 aliphatic heterocycles. The van der Waals surface area contributed by atoms with Crippen molar-refractivity contribution in [3.63, 3.8) is 0 Å². The fourth-order valence-corrected chi connectivity index (χ4v) is 2.47. The van der Waals surface area contributed by atoms with E-state index in [1.807, 2.05) is 6.92 Å². The van der Waals surface area contributed by atoms with Gasteiger partial charge in [-0.05, 0) is 48.9 Å². The molecule has 0 spiro atoms. The van der Waals surface area contributed by atoms with E-state index in [0.717, 1.165) is 40.4 Å². The van der Waals surface area contributed by atoms with Crippen LogP contribution in [0.15, 0.2) is 46.2 Å². The fourth-order valence-electron chi connectivity index (χ4n) is 1.51. The minimum absolute atomic E-state index is 0.235. The summed E-state index contributed by atoms with van der Waals surface area (Å²) in [6, 6.07) is 10.6. The van der Waals surface area contributed by atoms with E-state index in [4.69, 9.17) is 5.26 Å². The van der Waals surface area contributed by atoms with Crippen molar-refractivity contribution in [3.05, 3.63) is 59.2 Å². The average molecular weight is 261 g/mol. The van der Waals surface area contributed by atoms with Crippen molar-refractivity contribution in [1.29, 1.82) is 5.26 Å². The van der Waals surface area contributed by atoms with Gasteiger partial charge in [-0.3, -0.25) is 0 Å². The van der Waals surface area contributed by atoms with Gasteiger partial charge >= 0.3 is 0 Å². The van der Waals surface area contributed by atoms with E-state index in [9.17, 15) is 8.78 Å². The maximum absolute atomic E-state index is 13.5. The molecule has 90 valence electrons. The Labute approximate surface area is 108 Å². The zero-order valence-corrected chi connectivity index (χ0v) is 10.4. The van der Waals surface area contributed by atoms with E-state index >= 15 is 0 Å². The summed E-state index contributed by atoms with van der Waals surface area (Å²) in [4.78, 5) is 1.01. The smallest absolute Gasteiger partial charge is 0.137 e. The summed E-state index contributed by atoms with van der Waals surface area (Å²) in [5.74, 6) is -0.923. The Bertz CT molecular complexity index is 632. The molecule has 0 atom stereocenters. The van der Waals surface area contributed by atoms with E-state index < -0.39 is 11.6 Å². The van der Waals surface area contributed by atoms with Gasteiger partial charge in [0.05, 0.1) is 16.5 Å². The fraction of sp³-hybridized carbons (Fsp3) is 0.0714. The standard InChI is InChI=1S/C14H9F2NS/c1-9-6-12(4-2-10(9)8-17)18-14-7-11(15)3-5-13(14)16/h2-7H,1H3. The molecular weight excluding hydrogens is 252 g/mol. The lowest BCUT2D eigenvalue weighted by Gasteiger charge is -2.05. The van der Waals surface area contributed by atoms with Crippen LogP contribution in [-0.4, -0.2) is 0 Å². The number of hydrogen-bond acceptors (Lipinski definition) is 2. The minimum atomic E-state index is -0.468. The van der Waals surface area contributed by atoms with Crippen LogP contribution >= 0.6 is 11.8 Å². The van der Waals surface area contributed by atoms with E-state index in [1.54, 1.807) is 18.2 Å². The highest BCUT2D eigenvalue weighted by Crippen LogP contribution is 2.31. The molecule has 0 fully saturated rings. The molecule has 0 aromatic heterocycles. The molecule has 2 aromatic rings. The number of nitriles is 1. The summed E-state index contributed by atoms with van der Waals surface area (Å²) in [5.41, 5.74) is 1.40. The van der Waals surface area contributed by atoms with Crippen LogP contribution < -0.4 is 0 Å². The van der Waals surface area contributed by atoms with Gasteiger partial charge < -0.3 is 0 Å². The maximum atomic E-state index is 13.5. The van der Waals surface area contributed by atoms with Gasteiger partial charge in [-0.25, -0.2) is 8.78 Å². The van der Waals surface area contributed by atoms with Crippen molar-refractivity contribution in [2.75, 3.05) is 0 Å². The van der Waals surface area contributed by atoms with Crippen molar-refractivity contribution in [1.82, 2.24) is 0 Å². The highest BCUT2D eigenvalue weighted by molar-refractivity contribution is 7.99. The first kappa shape index (κ1) is 12.6. The van der Waals surface area contributed by atoms with Crippen molar-refractivity contribution in [2.24, 2.45) is 0 Å². The van der Waals surface area contributed by atoms with Crippen LogP contribution in [0.25, 0.3) is 0 Å². The van der Waals surface area contributed by atoms with Gasteiger partial charge in [0.25, 0.3) is 0 Å². The van der Waals surface area contributed by atoms with Crippen molar-refractivity contribution >= 4 is 11.8 Å². The molecule has 0 saturated heterocycles. The summed E-state index contributed by atoms with van der Waals surface area (Å²) >= 11 is 1.14. The largest absolute Gasteiger partial charge is 0.207 e. The first-order valence-corrected chi connectivity index (χ1v) is 6.05. The molecule has 18 heavy (non-hydrogen) atoms. The van der Waals surface area contributed by atoms with E-state index in [0.29, 0.717) is 5.56 Å². The Kier molecular flexibility index (Phi) is 3.63. The molecule has 0 aliphatic rings. The summed E-state index contributed by atoms with van der Waals surface area (Å²) in [6.45, 7) is 1.81. The molecule has 0 N–H and O–H groups in total. The Morgan fingerprint density at radius 2 is 1.89 bits per heavy atom. The van der Waals surface area contributed by atoms with Crippen molar-refractivity contribution < 1.29 is 8.78 Å². The number of halogens is 2. The normalized spacial score (nSPS) is 10.1. The lowest BCUT2D eigenvalue weighted by atomic mass is 10.1. The van der Waals surface area contributed by atoms with Crippen LogP contribution in [0.3, 0.4) is 0 Å². The Balaban J connectivity index is 2.32. The van der Waals surface area contributed by atoms with Gasteiger partial charge in [-0.15, -0.1) is 0 Å². The molecule has 4 heteroatoms. The predicted octanol–water partition coefficient (Wildman–Crippen LogP) is 4.30. The minimum Gasteiger partial charge on any atom is -0.207 e. The number of nitrogens with zero attached hydrogens (tertiary/aromatic N) is 1. The van der Waals surface area contributed by atoms with Gasteiger partial charge in [0, 0.05) is 4.90 Å². The third-order valence-corrected chi connectivity index (χ3v) is 3.46. The molecule has 0 radical (unpaired) electrons. The third-order valence-electron chi connectivity index (χ3n) is 2.44. The second-order valence-electron chi connectivity index (χ2n) is 3.77. The molecule has 0 aliphatic carbocycles. The molecule has 0 bridgehead atoms. The van der Waals surface area contributed by atoms with Crippen LogP contribution in [0.4, 0.5) is 8.78 Å². The number of hydrogen-bond donors (Lipinski definition) is 0. The number of rotatable bonds is 2. The van der Waals surface area contributed by atoms with Gasteiger partial charge in [0.1, 0.15) is 11.6 Å². The highest BCUT2D eigenvalue weighted by Gasteiger charge is 2.07. The van der Waals surface area contributed by atoms with E-state index in [2.05, 4.69) is 6.07 Å². The molecule has 0 heterocycles. The van der Waals surface area contributed by atoms with Gasteiger partial charge in [-0.2, -0.15) is 5.26 Å².